The molecule has 28 heavy (non-hydrogen) atoms. The summed E-state index contributed by atoms with van der Waals surface area (Å²) in [4.78, 5) is 24.0. The summed E-state index contributed by atoms with van der Waals surface area (Å²) < 4.78 is 5.48. The van der Waals surface area contributed by atoms with Gasteiger partial charge in [0.05, 0.1) is 5.56 Å². The third-order valence-electron chi connectivity index (χ3n) is 6.31. The van der Waals surface area contributed by atoms with Gasteiger partial charge in [0.1, 0.15) is 11.5 Å². The van der Waals surface area contributed by atoms with Crippen molar-refractivity contribution in [1.29, 1.82) is 0 Å². The van der Waals surface area contributed by atoms with Crippen molar-refractivity contribution in [2.75, 3.05) is 13.1 Å². The number of carbonyl (C=O) groups excluding carboxylic acids is 1. The number of para-hydroxylation sites is 1. The normalized spacial score (nSPS) is 27.0. The molecule has 1 heterocycles. The highest BCUT2D eigenvalue weighted by Crippen LogP contribution is 2.38. The van der Waals surface area contributed by atoms with Crippen molar-refractivity contribution >= 4 is 18.9 Å². The summed E-state index contributed by atoms with van der Waals surface area (Å²) in [6, 6.07) is 4.89. The van der Waals surface area contributed by atoms with Gasteiger partial charge in [-0.05, 0) is 68.2 Å². The van der Waals surface area contributed by atoms with Crippen LogP contribution in [0.15, 0.2) is 18.2 Å². The van der Waals surface area contributed by atoms with Crippen molar-refractivity contribution in [3.8, 4) is 5.75 Å². The Balaban J connectivity index is 1.59. The number of ketones is 1. The molecular weight excluding hydrogens is 359 g/mol. The Kier molecular flexibility index (Phi) is 6.75. The molecule has 0 amide bonds. The van der Waals surface area contributed by atoms with E-state index in [1.54, 1.807) is 12.1 Å². The standard InChI is InChI=1S/C20H29BN2O5/c22-10-14-5-4-12(6-15(14)11-23)7-17(24)9-16-8-13-2-1-3-18(20(25)26)19(13)28-21(16)27/h1-3,12,14-16,27H,4-11,22-23H2,(H,25,26)/t12-,14+,15+,16+/m0/s1. The first-order valence-corrected chi connectivity index (χ1v) is 10.0. The van der Waals surface area contributed by atoms with Crippen LogP contribution in [0.1, 0.15) is 48.0 Å². The molecule has 2 aliphatic rings. The van der Waals surface area contributed by atoms with Crippen LogP contribution in [0.25, 0.3) is 0 Å². The summed E-state index contributed by atoms with van der Waals surface area (Å²) in [6.45, 7) is 1.25. The maximum Gasteiger partial charge on any atom is 0.526 e. The van der Waals surface area contributed by atoms with E-state index in [0.29, 0.717) is 43.7 Å². The first-order chi connectivity index (χ1) is 13.4. The minimum Gasteiger partial charge on any atom is -0.535 e. The van der Waals surface area contributed by atoms with Gasteiger partial charge >= 0.3 is 13.1 Å². The largest absolute Gasteiger partial charge is 0.535 e. The summed E-state index contributed by atoms with van der Waals surface area (Å²) in [5.41, 5.74) is 12.4. The van der Waals surface area contributed by atoms with E-state index in [2.05, 4.69) is 0 Å². The first kappa shape index (κ1) is 20.8. The fourth-order valence-electron chi connectivity index (χ4n) is 4.73. The van der Waals surface area contributed by atoms with Crippen molar-refractivity contribution in [3.63, 3.8) is 0 Å². The summed E-state index contributed by atoms with van der Waals surface area (Å²) in [7, 11) is -1.18. The zero-order valence-electron chi connectivity index (χ0n) is 16.0. The molecule has 0 radical (unpaired) electrons. The zero-order valence-corrected chi connectivity index (χ0v) is 16.0. The molecule has 4 atom stereocenters. The Labute approximate surface area is 165 Å². The first-order valence-electron chi connectivity index (χ1n) is 10.0. The van der Waals surface area contributed by atoms with Gasteiger partial charge in [0, 0.05) is 18.7 Å². The van der Waals surface area contributed by atoms with E-state index >= 15 is 0 Å². The molecule has 0 spiro atoms. The van der Waals surface area contributed by atoms with Crippen LogP contribution in [-0.4, -0.2) is 42.1 Å². The highest BCUT2D eigenvalue weighted by atomic mass is 16.5. The second-order valence-corrected chi connectivity index (χ2v) is 8.19. The minimum absolute atomic E-state index is 0.0332. The lowest BCUT2D eigenvalue weighted by Gasteiger charge is -2.35. The van der Waals surface area contributed by atoms with Crippen LogP contribution in [-0.2, 0) is 11.2 Å². The number of hydrogen-bond donors (Lipinski definition) is 4. The van der Waals surface area contributed by atoms with Crippen molar-refractivity contribution in [1.82, 2.24) is 0 Å². The number of carboxylic acids is 1. The van der Waals surface area contributed by atoms with E-state index in [9.17, 15) is 19.7 Å². The summed E-state index contributed by atoms with van der Waals surface area (Å²) in [5, 5.41) is 19.6. The molecule has 1 saturated carbocycles. The van der Waals surface area contributed by atoms with Crippen LogP contribution < -0.4 is 16.1 Å². The van der Waals surface area contributed by atoms with Crippen LogP contribution in [0.5, 0.6) is 5.75 Å². The molecular formula is C20H29BN2O5. The average molecular weight is 388 g/mol. The van der Waals surface area contributed by atoms with E-state index < -0.39 is 13.1 Å². The molecule has 0 bridgehead atoms. The second-order valence-electron chi connectivity index (χ2n) is 8.19. The Morgan fingerprint density at radius 1 is 1.14 bits per heavy atom. The number of rotatable bonds is 7. The van der Waals surface area contributed by atoms with Gasteiger partial charge in [0.15, 0.2) is 0 Å². The van der Waals surface area contributed by atoms with Crippen molar-refractivity contribution < 1.29 is 24.4 Å². The third kappa shape index (κ3) is 4.56. The van der Waals surface area contributed by atoms with Crippen LogP contribution in [0.4, 0.5) is 0 Å². The Hall–Kier alpha value is -1.90. The Bertz CT molecular complexity index is 729. The fourth-order valence-corrected chi connectivity index (χ4v) is 4.73. The van der Waals surface area contributed by atoms with Gasteiger partial charge in [-0.2, -0.15) is 0 Å². The Morgan fingerprint density at radius 2 is 1.89 bits per heavy atom. The highest BCUT2D eigenvalue weighted by Gasteiger charge is 2.38. The van der Waals surface area contributed by atoms with E-state index in [-0.39, 0.29) is 29.3 Å². The topological polar surface area (TPSA) is 136 Å². The summed E-state index contributed by atoms with van der Waals surface area (Å²) in [5.74, 6) is -0.00637. The molecule has 152 valence electrons. The number of hydrogen-bond acceptors (Lipinski definition) is 6. The molecule has 7 nitrogen and oxygen atoms in total. The quantitative estimate of drug-likeness (QED) is 0.519. The van der Waals surface area contributed by atoms with Crippen molar-refractivity contribution in [3.05, 3.63) is 29.3 Å². The van der Waals surface area contributed by atoms with Crippen LogP contribution in [0.3, 0.4) is 0 Å². The number of nitrogens with two attached hydrogens (primary N) is 2. The van der Waals surface area contributed by atoms with Gasteiger partial charge < -0.3 is 26.3 Å². The number of carbonyl (C=O) groups is 2. The molecule has 1 aliphatic carbocycles. The molecule has 1 fully saturated rings. The van der Waals surface area contributed by atoms with Gasteiger partial charge in [-0.15, -0.1) is 0 Å². The van der Waals surface area contributed by atoms with E-state index in [0.717, 1.165) is 24.8 Å². The minimum atomic E-state index is -1.18. The maximum atomic E-state index is 12.6. The molecule has 8 heteroatoms. The number of fused-ring (bicyclic) bond motifs is 1. The smallest absolute Gasteiger partial charge is 0.526 e. The van der Waals surface area contributed by atoms with Crippen LogP contribution in [0.2, 0.25) is 5.82 Å². The third-order valence-corrected chi connectivity index (χ3v) is 6.31. The van der Waals surface area contributed by atoms with E-state index in [4.69, 9.17) is 16.1 Å². The number of Topliss-reactive ketones (excluding diaryl/α,β-unsaturated/α-hetero) is 1. The van der Waals surface area contributed by atoms with E-state index in [1.165, 1.54) is 6.07 Å². The molecule has 1 aromatic carbocycles. The average Bonchev–Trinajstić information content (AvgIpc) is 2.67. The lowest BCUT2D eigenvalue weighted by molar-refractivity contribution is -0.120. The molecule has 0 aromatic heterocycles. The fraction of sp³-hybridized carbons (Fsp3) is 0.600. The molecule has 6 N–H and O–H groups in total. The second kappa shape index (κ2) is 9.07. The maximum absolute atomic E-state index is 12.6. The molecule has 1 aliphatic heterocycles. The summed E-state index contributed by atoms with van der Waals surface area (Å²) in [6.07, 6.45) is 4.06. The van der Waals surface area contributed by atoms with Crippen molar-refractivity contribution in [2.24, 2.45) is 29.2 Å². The highest BCUT2D eigenvalue weighted by molar-refractivity contribution is 6.47. The van der Waals surface area contributed by atoms with Gasteiger partial charge in [-0.3, -0.25) is 4.79 Å². The predicted octanol–water partition coefficient (Wildman–Crippen LogP) is 1.47. The molecule has 1 aromatic rings. The van der Waals surface area contributed by atoms with E-state index in [1.807, 2.05) is 0 Å². The van der Waals surface area contributed by atoms with Gasteiger partial charge in [-0.1, -0.05) is 12.1 Å². The SMILES string of the molecule is NC[C@H]1CC[C@H](CC(=O)C[C@H]2Cc3cccc(C(=O)O)c3OB2O)C[C@@H]1CN. The lowest BCUT2D eigenvalue weighted by Crippen LogP contribution is -2.37. The number of benzene rings is 1. The van der Waals surface area contributed by atoms with Gasteiger partial charge in [-0.25, -0.2) is 4.79 Å². The van der Waals surface area contributed by atoms with Gasteiger partial charge in [0.25, 0.3) is 0 Å². The number of carboxylic acid groups (broad SMARTS) is 1. The van der Waals surface area contributed by atoms with Crippen molar-refractivity contribution in [2.45, 2.75) is 44.3 Å². The predicted molar refractivity (Wildman–Crippen MR) is 106 cm³/mol. The monoisotopic (exact) mass is 388 g/mol. The lowest BCUT2D eigenvalue weighted by atomic mass is 9.63. The van der Waals surface area contributed by atoms with Gasteiger partial charge in [0.2, 0.25) is 0 Å². The Morgan fingerprint density at radius 3 is 2.57 bits per heavy atom. The zero-order chi connectivity index (χ0) is 20.3. The van der Waals surface area contributed by atoms with Crippen LogP contribution in [0, 0.1) is 17.8 Å². The van der Waals surface area contributed by atoms with Crippen LogP contribution >= 0.6 is 0 Å². The number of aromatic carboxylic acids is 1. The summed E-state index contributed by atoms with van der Waals surface area (Å²) >= 11 is 0. The molecule has 0 unspecified atom stereocenters. The molecule has 0 saturated heterocycles. The molecule has 3 rings (SSSR count).